The summed E-state index contributed by atoms with van der Waals surface area (Å²) >= 11 is 0. The van der Waals surface area contributed by atoms with Gasteiger partial charge in [-0.3, -0.25) is 0 Å². The quantitative estimate of drug-likeness (QED) is 0.855. The lowest BCUT2D eigenvalue weighted by Gasteiger charge is -2.06. The molecule has 0 atom stereocenters. The summed E-state index contributed by atoms with van der Waals surface area (Å²) in [5, 5.41) is 12.4. The fourth-order valence-electron chi connectivity index (χ4n) is 1.40. The molecule has 0 fully saturated rings. The molecule has 16 heavy (non-hydrogen) atoms. The highest BCUT2D eigenvalue weighted by Crippen LogP contribution is 2.30. The van der Waals surface area contributed by atoms with Crippen molar-refractivity contribution in [1.29, 1.82) is 0 Å². The van der Waals surface area contributed by atoms with Crippen LogP contribution in [0.4, 0.5) is 0 Å². The van der Waals surface area contributed by atoms with Crippen molar-refractivity contribution in [3.05, 3.63) is 36.2 Å². The minimum Gasteiger partial charge on any atom is -0.496 e. The molecule has 82 valence electrons. The highest BCUT2D eigenvalue weighted by Gasteiger charge is 2.11. The molecular weight excluding hydrogens is 210 g/mol. The first-order valence-electron chi connectivity index (χ1n) is 4.53. The first kappa shape index (κ1) is 10.2. The van der Waals surface area contributed by atoms with E-state index in [2.05, 4.69) is 5.16 Å². The second-order valence-electron chi connectivity index (χ2n) is 3.13. The van der Waals surface area contributed by atoms with E-state index in [1.165, 1.54) is 31.7 Å². The number of methoxy groups -OCH3 is 1. The molecule has 1 N–H and O–H groups in total. The van der Waals surface area contributed by atoms with E-state index < -0.39 is 5.97 Å². The van der Waals surface area contributed by atoms with Crippen molar-refractivity contribution in [3.63, 3.8) is 0 Å². The average Bonchev–Trinajstić information content (AvgIpc) is 2.81. The van der Waals surface area contributed by atoms with Gasteiger partial charge in [0, 0.05) is 11.1 Å². The molecule has 1 aromatic heterocycles. The number of aromatic carboxylic acids is 1. The number of ether oxygens (including phenoxy) is 1. The Kier molecular flexibility index (Phi) is 2.59. The summed E-state index contributed by atoms with van der Waals surface area (Å²) in [4.78, 5) is 10.8. The minimum atomic E-state index is -0.991. The van der Waals surface area contributed by atoms with Crippen molar-refractivity contribution in [3.8, 4) is 16.9 Å². The van der Waals surface area contributed by atoms with Crippen LogP contribution in [0.3, 0.4) is 0 Å². The van der Waals surface area contributed by atoms with Crippen molar-refractivity contribution >= 4 is 5.97 Å². The van der Waals surface area contributed by atoms with Gasteiger partial charge in [0.05, 0.1) is 18.9 Å². The zero-order chi connectivity index (χ0) is 11.5. The molecule has 0 bridgehead atoms. The van der Waals surface area contributed by atoms with Crippen molar-refractivity contribution in [2.24, 2.45) is 0 Å². The number of nitrogens with zero attached hydrogens (tertiary/aromatic N) is 1. The fraction of sp³-hybridized carbons (Fsp3) is 0.0909. The Morgan fingerprint density at radius 1 is 1.50 bits per heavy atom. The van der Waals surface area contributed by atoms with Crippen LogP contribution in [0, 0.1) is 0 Å². The standard InChI is InChI=1S/C11H9NO4/c1-15-10-4-7(11(13)14)2-3-9(10)8-5-12-16-6-8/h2-6H,1H3,(H,13,14). The molecule has 0 saturated carbocycles. The SMILES string of the molecule is COc1cc(C(=O)O)ccc1-c1cnoc1. The summed E-state index contributed by atoms with van der Waals surface area (Å²) < 4.78 is 9.85. The Bertz CT molecular complexity index is 505. The van der Waals surface area contributed by atoms with Crippen LogP contribution >= 0.6 is 0 Å². The molecule has 5 nitrogen and oxygen atoms in total. The van der Waals surface area contributed by atoms with Gasteiger partial charge < -0.3 is 14.4 Å². The largest absolute Gasteiger partial charge is 0.496 e. The maximum absolute atomic E-state index is 10.8. The van der Waals surface area contributed by atoms with Crippen LogP contribution in [-0.4, -0.2) is 23.3 Å². The smallest absolute Gasteiger partial charge is 0.335 e. The number of benzene rings is 1. The van der Waals surface area contributed by atoms with Gasteiger partial charge >= 0.3 is 5.97 Å². The molecule has 2 rings (SSSR count). The molecular formula is C11H9NO4. The Labute approximate surface area is 91.3 Å². The normalized spacial score (nSPS) is 10.1. The number of hydrogen-bond donors (Lipinski definition) is 1. The van der Waals surface area contributed by atoms with Crippen LogP contribution in [-0.2, 0) is 0 Å². The van der Waals surface area contributed by atoms with E-state index in [9.17, 15) is 4.79 Å². The molecule has 2 aromatic rings. The molecule has 0 aliphatic rings. The Morgan fingerprint density at radius 3 is 2.88 bits per heavy atom. The van der Waals surface area contributed by atoms with E-state index in [4.69, 9.17) is 14.4 Å². The maximum atomic E-state index is 10.8. The molecule has 0 radical (unpaired) electrons. The van der Waals surface area contributed by atoms with Gasteiger partial charge in [-0.15, -0.1) is 0 Å². The molecule has 0 saturated heterocycles. The highest BCUT2D eigenvalue weighted by molar-refractivity contribution is 5.89. The van der Waals surface area contributed by atoms with Gasteiger partial charge in [0.25, 0.3) is 0 Å². The van der Waals surface area contributed by atoms with Gasteiger partial charge in [0.2, 0.25) is 0 Å². The molecule has 0 aliphatic heterocycles. The van der Waals surface area contributed by atoms with Crippen LogP contribution in [0.15, 0.2) is 35.2 Å². The van der Waals surface area contributed by atoms with E-state index in [0.29, 0.717) is 5.75 Å². The van der Waals surface area contributed by atoms with Gasteiger partial charge in [-0.2, -0.15) is 0 Å². The van der Waals surface area contributed by atoms with E-state index in [1.807, 2.05) is 0 Å². The van der Waals surface area contributed by atoms with Gasteiger partial charge in [-0.05, 0) is 18.2 Å². The van der Waals surface area contributed by atoms with Crippen LogP contribution in [0.25, 0.3) is 11.1 Å². The van der Waals surface area contributed by atoms with Crippen LogP contribution in [0.5, 0.6) is 5.75 Å². The van der Waals surface area contributed by atoms with E-state index in [0.717, 1.165) is 11.1 Å². The Morgan fingerprint density at radius 2 is 2.31 bits per heavy atom. The lowest BCUT2D eigenvalue weighted by atomic mass is 10.1. The highest BCUT2D eigenvalue weighted by atomic mass is 16.5. The van der Waals surface area contributed by atoms with Gasteiger partial charge in [-0.1, -0.05) is 5.16 Å². The lowest BCUT2D eigenvalue weighted by Crippen LogP contribution is -1.97. The Balaban J connectivity index is 2.51. The third-order valence-electron chi connectivity index (χ3n) is 2.19. The molecule has 1 heterocycles. The van der Waals surface area contributed by atoms with Gasteiger partial charge in [0.1, 0.15) is 12.0 Å². The lowest BCUT2D eigenvalue weighted by molar-refractivity contribution is 0.0696. The number of aromatic nitrogens is 1. The van der Waals surface area contributed by atoms with Crippen molar-refractivity contribution < 1.29 is 19.2 Å². The Hall–Kier alpha value is -2.30. The summed E-state index contributed by atoms with van der Waals surface area (Å²) in [7, 11) is 1.48. The van der Waals surface area contributed by atoms with Gasteiger partial charge in [0.15, 0.2) is 0 Å². The number of carboxylic acids is 1. The first-order valence-corrected chi connectivity index (χ1v) is 4.53. The number of carboxylic acid groups (broad SMARTS) is 1. The molecule has 1 aromatic carbocycles. The summed E-state index contributed by atoms with van der Waals surface area (Å²) in [6.45, 7) is 0. The predicted molar refractivity (Wildman–Crippen MR) is 55.5 cm³/mol. The van der Waals surface area contributed by atoms with Crippen molar-refractivity contribution in [2.75, 3.05) is 7.11 Å². The molecule has 0 aliphatic carbocycles. The second kappa shape index (κ2) is 4.06. The third kappa shape index (κ3) is 1.75. The predicted octanol–water partition coefficient (Wildman–Crippen LogP) is 2.05. The molecule has 0 unspecified atom stereocenters. The summed E-state index contributed by atoms with van der Waals surface area (Å²) in [6.07, 6.45) is 3.01. The monoisotopic (exact) mass is 219 g/mol. The zero-order valence-corrected chi connectivity index (χ0v) is 8.51. The first-order chi connectivity index (χ1) is 7.72. The number of hydrogen-bond acceptors (Lipinski definition) is 4. The zero-order valence-electron chi connectivity index (χ0n) is 8.51. The second-order valence-corrected chi connectivity index (χ2v) is 3.13. The maximum Gasteiger partial charge on any atom is 0.335 e. The van der Waals surface area contributed by atoms with E-state index in [1.54, 1.807) is 6.07 Å². The fourth-order valence-corrected chi connectivity index (χ4v) is 1.40. The van der Waals surface area contributed by atoms with Gasteiger partial charge in [-0.25, -0.2) is 4.79 Å². The third-order valence-corrected chi connectivity index (χ3v) is 2.19. The molecule has 5 heteroatoms. The van der Waals surface area contributed by atoms with Crippen molar-refractivity contribution in [2.45, 2.75) is 0 Å². The topological polar surface area (TPSA) is 72.6 Å². The summed E-state index contributed by atoms with van der Waals surface area (Å²) in [5.74, 6) is -0.515. The number of carbonyl (C=O) groups is 1. The molecule has 0 amide bonds. The van der Waals surface area contributed by atoms with Crippen molar-refractivity contribution in [1.82, 2.24) is 5.16 Å². The van der Waals surface area contributed by atoms with Crippen LogP contribution in [0.1, 0.15) is 10.4 Å². The van der Waals surface area contributed by atoms with Crippen LogP contribution < -0.4 is 4.74 Å². The van der Waals surface area contributed by atoms with E-state index >= 15 is 0 Å². The average molecular weight is 219 g/mol. The number of rotatable bonds is 3. The summed E-state index contributed by atoms with van der Waals surface area (Å²) in [5.41, 5.74) is 1.67. The molecule has 0 spiro atoms. The minimum absolute atomic E-state index is 0.178. The summed E-state index contributed by atoms with van der Waals surface area (Å²) in [6, 6.07) is 4.63. The van der Waals surface area contributed by atoms with E-state index in [-0.39, 0.29) is 5.56 Å². The van der Waals surface area contributed by atoms with Crippen LogP contribution in [0.2, 0.25) is 0 Å².